The third-order valence-corrected chi connectivity index (χ3v) is 6.37. The molecule has 1 atom stereocenters. The molecule has 1 aromatic carbocycles. The molecule has 2 aliphatic heterocycles. The Balaban J connectivity index is 2.07. The molecule has 0 bridgehead atoms. The van der Waals surface area contributed by atoms with Gasteiger partial charge >= 0.3 is 0 Å². The summed E-state index contributed by atoms with van der Waals surface area (Å²) in [6.07, 6.45) is 1.44. The van der Waals surface area contributed by atoms with Gasteiger partial charge in [-0.1, -0.05) is 18.2 Å². The molecule has 2 heterocycles. The van der Waals surface area contributed by atoms with Crippen LogP contribution in [0.4, 0.5) is 0 Å². The van der Waals surface area contributed by atoms with Crippen LogP contribution in [0.5, 0.6) is 0 Å². The Labute approximate surface area is 113 Å². The average Bonchev–Trinajstić information content (AvgIpc) is 2.73. The summed E-state index contributed by atoms with van der Waals surface area (Å²) in [6.45, 7) is 1.21. The number of fused-ring (bicyclic) bond motifs is 1. The van der Waals surface area contributed by atoms with Crippen molar-refractivity contribution in [1.29, 1.82) is 0 Å². The predicted molar refractivity (Wildman–Crippen MR) is 70.8 cm³/mol. The van der Waals surface area contributed by atoms with E-state index >= 15 is 0 Å². The van der Waals surface area contributed by atoms with Crippen molar-refractivity contribution in [3.8, 4) is 0 Å². The van der Waals surface area contributed by atoms with Gasteiger partial charge in [0, 0.05) is 31.2 Å². The van der Waals surface area contributed by atoms with Gasteiger partial charge in [0.05, 0.1) is 10.6 Å². The molecule has 5 heteroatoms. The van der Waals surface area contributed by atoms with Gasteiger partial charge in [0.1, 0.15) is 0 Å². The number of sulfone groups is 1. The molecule has 0 aliphatic carbocycles. The van der Waals surface area contributed by atoms with Crippen LogP contribution in [0.3, 0.4) is 0 Å². The average molecular weight is 282 g/mol. The zero-order valence-corrected chi connectivity index (χ0v) is 11.5. The van der Waals surface area contributed by atoms with Crippen molar-refractivity contribution in [2.75, 3.05) is 25.6 Å². The molecular weight excluding hydrogens is 264 g/mol. The smallest absolute Gasteiger partial charge is 0.179 e. The van der Waals surface area contributed by atoms with Gasteiger partial charge in [-0.05, 0) is 24.5 Å². The van der Waals surface area contributed by atoms with Crippen molar-refractivity contribution >= 4 is 9.84 Å². The van der Waals surface area contributed by atoms with Crippen molar-refractivity contribution in [3.63, 3.8) is 0 Å². The molecule has 0 saturated carbocycles. The molecule has 1 unspecified atom stereocenters. The van der Waals surface area contributed by atoms with Gasteiger partial charge in [-0.15, -0.1) is 0 Å². The minimum atomic E-state index is -3.20. The van der Waals surface area contributed by atoms with Crippen molar-refractivity contribution in [3.05, 3.63) is 29.8 Å². The number of aliphatic hydroxyl groups is 1. The number of hydrogen-bond donors (Lipinski definition) is 1. The van der Waals surface area contributed by atoms with Crippen LogP contribution >= 0.6 is 0 Å². The Morgan fingerprint density at radius 1 is 1.26 bits per heavy atom. The Bertz CT molecular complexity index is 573. The summed E-state index contributed by atoms with van der Waals surface area (Å²) < 4.78 is 29.9. The largest absolute Gasteiger partial charge is 0.396 e. The van der Waals surface area contributed by atoms with E-state index in [9.17, 15) is 13.5 Å². The first-order valence-electron chi connectivity index (χ1n) is 6.59. The lowest BCUT2D eigenvalue weighted by Gasteiger charge is -2.40. The van der Waals surface area contributed by atoms with Crippen LogP contribution in [0, 0.1) is 5.41 Å². The standard InChI is InChI=1S/C14H18O4S/c15-10-14(5-7-18-8-6-14)12-9-19(16,17)13-4-2-1-3-11(12)13/h1-4,12,15H,5-10H2. The van der Waals surface area contributed by atoms with E-state index in [0.29, 0.717) is 18.1 Å². The molecule has 1 aromatic rings. The summed E-state index contributed by atoms with van der Waals surface area (Å²) in [5.41, 5.74) is 0.524. The summed E-state index contributed by atoms with van der Waals surface area (Å²) in [6, 6.07) is 7.19. The summed E-state index contributed by atoms with van der Waals surface area (Å²) in [4.78, 5) is 0.444. The molecule has 1 N–H and O–H groups in total. The first kappa shape index (κ1) is 13.1. The van der Waals surface area contributed by atoms with Crippen LogP contribution in [0.25, 0.3) is 0 Å². The Hall–Kier alpha value is -0.910. The fourth-order valence-electron chi connectivity index (χ4n) is 3.35. The predicted octanol–water partition coefficient (Wildman–Crippen LogP) is 1.35. The van der Waals surface area contributed by atoms with E-state index in [1.54, 1.807) is 12.1 Å². The SMILES string of the molecule is O=S1(=O)CC(C2(CO)CCOCC2)c2ccccc21. The van der Waals surface area contributed by atoms with E-state index in [1.165, 1.54) is 0 Å². The molecule has 0 amide bonds. The molecule has 104 valence electrons. The highest BCUT2D eigenvalue weighted by molar-refractivity contribution is 7.91. The third-order valence-electron chi connectivity index (χ3n) is 4.56. The van der Waals surface area contributed by atoms with Crippen LogP contribution in [-0.2, 0) is 14.6 Å². The number of benzene rings is 1. The molecular formula is C14H18O4S. The second kappa shape index (κ2) is 4.58. The second-order valence-corrected chi connectivity index (χ2v) is 7.51. The van der Waals surface area contributed by atoms with E-state index in [1.807, 2.05) is 12.1 Å². The molecule has 2 aliphatic rings. The van der Waals surface area contributed by atoms with E-state index in [2.05, 4.69) is 0 Å². The molecule has 4 nitrogen and oxygen atoms in total. The number of hydrogen-bond acceptors (Lipinski definition) is 4. The van der Waals surface area contributed by atoms with Gasteiger partial charge in [0.15, 0.2) is 9.84 Å². The van der Waals surface area contributed by atoms with E-state index in [4.69, 9.17) is 4.74 Å². The first-order valence-corrected chi connectivity index (χ1v) is 8.25. The molecule has 0 aromatic heterocycles. The Morgan fingerprint density at radius 3 is 2.63 bits per heavy atom. The third kappa shape index (κ3) is 2.00. The number of ether oxygens (including phenoxy) is 1. The quantitative estimate of drug-likeness (QED) is 0.889. The topological polar surface area (TPSA) is 63.6 Å². The van der Waals surface area contributed by atoms with Crippen molar-refractivity contribution in [2.24, 2.45) is 5.41 Å². The van der Waals surface area contributed by atoms with Crippen molar-refractivity contribution < 1.29 is 18.3 Å². The van der Waals surface area contributed by atoms with Gasteiger partial charge in [0.2, 0.25) is 0 Å². The first-order chi connectivity index (χ1) is 9.09. The summed E-state index contributed by atoms with van der Waals surface area (Å²) in [7, 11) is -3.20. The molecule has 1 fully saturated rings. The van der Waals surface area contributed by atoms with E-state index in [0.717, 1.165) is 18.4 Å². The van der Waals surface area contributed by atoms with Crippen LogP contribution < -0.4 is 0 Å². The highest BCUT2D eigenvalue weighted by atomic mass is 32.2. The van der Waals surface area contributed by atoms with Crippen molar-refractivity contribution in [2.45, 2.75) is 23.7 Å². The summed E-state index contributed by atoms with van der Waals surface area (Å²) in [5, 5.41) is 9.85. The van der Waals surface area contributed by atoms with Gasteiger partial charge in [0.25, 0.3) is 0 Å². The maximum atomic E-state index is 12.3. The lowest BCUT2D eigenvalue weighted by Crippen LogP contribution is -2.39. The Morgan fingerprint density at radius 2 is 1.95 bits per heavy atom. The van der Waals surface area contributed by atoms with E-state index < -0.39 is 9.84 Å². The van der Waals surface area contributed by atoms with Gasteiger partial charge in [-0.2, -0.15) is 0 Å². The minimum Gasteiger partial charge on any atom is -0.396 e. The summed E-state index contributed by atoms with van der Waals surface area (Å²) in [5.74, 6) is 0.00926. The molecule has 0 radical (unpaired) electrons. The zero-order valence-electron chi connectivity index (χ0n) is 10.7. The molecule has 3 rings (SSSR count). The van der Waals surface area contributed by atoms with Gasteiger partial charge in [-0.3, -0.25) is 0 Å². The highest BCUT2D eigenvalue weighted by Gasteiger charge is 2.48. The summed E-state index contributed by atoms with van der Waals surface area (Å²) >= 11 is 0. The van der Waals surface area contributed by atoms with Crippen LogP contribution in [0.2, 0.25) is 0 Å². The van der Waals surface area contributed by atoms with E-state index in [-0.39, 0.29) is 23.7 Å². The lowest BCUT2D eigenvalue weighted by molar-refractivity contribution is -0.0278. The zero-order chi connectivity index (χ0) is 13.5. The Kier molecular flexibility index (Phi) is 3.15. The van der Waals surface area contributed by atoms with Crippen LogP contribution in [0.1, 0.15) is 24.3 Å². The van der Waals surface area contributed by atoms with Crippen LogP contribution in [-0.4, -0.2) is 39.1 Å². The lowest BCUT2D eigenvalue weighted by atomic mass is 9.68. The van der Waals surface area contributed by atoms with Crippen molar-refractivity contribution in [1.82, 2.24) is 0 Å². The highest BCUT2D eigenvalue weighted by Crippen LogP contribution is 2.50. The normalized spacial score (nSPS) is 27.9. The number of aliphatic hydroxyl groups excluding tert-OH is 1. The number of rotatable bonds is 2. The molecule has 1 saturated heterocycles. The van der Waals surface area contributed by atoms with Crippen LogP contribution in [0.15, 0.2) is 29.2 Å². The monoisotopic (exact) mass is 282 g/mol. The minimum absolute atomic E-state index is 0.0187. The fourth-order valence-corrected chi connectivity index (χ4v) is 5.36. The maximum Gasteiger partial charge on any atom is 0.179 e. The van der Waals surface area contributed by atoms with Gasteiger partial charge < -0.3 is 9.84 Å². The van der Waals surface area contributed by atoms with Gasteiger partial charge in [-0.25, -0.2) is 8.42 Å². The molecule has 0 spiro atoms. The molecule has 19 heavy (non-hydrogen) atoms. The maximum absolute atomic E-state index is 12.3. The second-order valence-electron chi connectivity index (χ2n) is 5.50. The fraction of sp³-hybridized carbons (Fsp3) is 0.571.